The average molecular weight is 879 g/mol. The second kappa shape index (κ2) is 19.5. The van der Waals surface area contributed by atoms with Crippen LogP contribution in [0.5, 0.6) is 0 Å². The highest BCUT2D eigenvalue weighted by Crippen LogP contribution is 2.63. The number of hydrogen-bond donors (Lipinski definition) is 0. The minimum absolute atomic E-state index is 0.0104. The highest BCUT2D eigenvalue weighted by atomic mass is 32.1. The van der Waals surface area contributed by atoms with Crippen molar-refractivity contribution in [2.45, 2.75) is 172 Å². The van der Waals surface area contributed by atoms with Crippen molar-refractivity contribution < 1.29 is 47.5 Å². The summed E-state index contributed by atoms with van der Waals surface area (Å²) in [5.41, 5.74) is 3.97. The summed E-state index contributed by atoms with van der Waals surface area (Å²) in [6.07, 6.45) is 5.38. The molecule has 3 aliphatic carbocycles. The highest BCUT2D eigenvalue weighted by molar-refractivity contribution is 7.15. The molecule has 13 heteroatoms. The number of benzene rings is 1. The highest BCUT2D eigenvalue weighted by Gasteiger charge is 2.57. The first-order chi connectivity index (χ1) is 29.8. The predicted octanol–water partition coefficient (Wildman–Crippen LogP) is 8.00. The first kappa shape index (κ1) is 46.0. The van der Waals surface area contributed by atoms with Gasteiger partial charge in [0, 0.05) is 61.5 Å². The number of fused-ring (bicyclic) bond motifs is 8. The number of Topliss-reactive ketones (excluding diaryl/α,β-unsaturated/α-hetero) is 1. The molecule has 17 atom stereocenters. The van der Waals surface area contributed by atoms with Gasteiger partial charge in [0.25, 0.3) is 0 Å². The largest absolute Gasteiger partial charge is 0.462 e. The maximum absolute atomic E-state index is 15.2. The predicted molar refractivity (Wildman–Crippen MR) is 236 cm³/mol. The molecule has 4 heterocycles. The van der Waals surface area contributed by atoms with Crippen LogP contribution >= 0.6 is 11.3 Å². The van der Waals surface area contributed by atoms with Gasteiger partial charge in [-0.15, -0.1) is 11.3 Å². The number of carbonyl (C=O) groups excluding carboxylic acids is 2. The zero-order valence-corrected chi connectivity index (χ0v) is 39.3. The minimum Gasteiger partial charge on any atom is -0.462 e. The molecule has 2 aromatic rings. The Balaban J connectivity index is 1.14. The minimum atomic E-state index is -0.654. The summed E-state index contributed by atoms with van der Waals surface area (Å²) in [6, 6.07) is 8.80. The molecule has 0 N–H and O–H groups in total. The van der Waals surface area contributed by atoms with Crippen LogP contribution in [-0.4, -0.2) is 125 Å². The van der Waals surface area contributed by atoms with Crippen molar-refractivity contribution in [3.05, 3.63) is 52.0 Å². The molecule has 1 aromatic heterocycles. The van der Waals surface area contributed by atoms with Crippen molar-refractivity contribution in [2.24, 2.45) is 23.7 Å². The topological polar surface area (TPSA) is 124 Å². The Morgan fingerprint density at radius 2 is 1.66 bits per heavy atom. The Bertz CT molecular complexity index is 1920. The Labute approximate surface area is 372 Å². The first-order valence-corrected chi connectivity index (χ1v) is 24.0. The van der Waals surface area contributed by atoms with Crippen LogP contribution in [0.2, 0.25) is 0 Å². The van der Waals surface area contributed by atoms with Crippen LogP contribution in [0.4, 0.5) is 0 Å². The van der Waals surface area contributed by atoms with Gasteiger partial charge in [-0.05, 0) is 110 Å². The Kier molecular flexibility index (Phi) is 14.4. The number of aromatic nitrogens is 1. The number of ketones is 1. The number of nitrogens with zero attached hydrogens (tertiary/aromatic N) is 2. The van der Waals surface area contributed by atoms with Crippen LogP contribution in [0.15, 0.2) is 35.9 Å². The summed E-state index contributed by atoms with van der Waals surface area (Å²) in [5, 5.41) is 0.960. The van der Waals surface area contributed by atoms with Gasteiger partial charge in [-0.2, -0.15) is 0 Å². The molecule has 62 heavy (non-hydrogen) atoms. The van der Waals surface area contributed by atoms with Gasteiger partial charge in [-0.1, -0.05) is 43.7 Å². The molecule has 8 rings (SSSR count). The molecular formula is C49H70N2O10S. The van der Waals surface area contributed by atoms with Crippen LogP contribution in [0.25, 0.3) is 10.6 Å². The van der Waals surface area contributed by atoms with E-state index in [9.17, 15) is 4.79 Å². The number of allylic oxidation sites excluding steroid dienone is 2. The molecule has 0 radical (unpaired) electrons. The van der Waals surface area contributed by atoms with Crippen molar-refractivity contribution in [1.29, 1.82) is 0 Å². The van der Waals surface area contributed by atoms with Crippen molar-refractivity contribution in [1.82, 2.24) is 9.88 Å². The van der Waals surface area contributed by atoms with Gasteiger partial charge in [-0.3, -0.25) is 9.59 Å². The van der Waals surface area contributed by atoms with Crippen molar-refractivity contribution in [3.63, 3.8) is 0 Å². The molecule has 1 saturated carbocycles. The third-order valence-corrected chi connectivity index (χ3v) is 16.4. The van der Waals surface area contributed by atoms with Crippen LogP contribution in [-0.2, 0) is 47.5 Å². The zero-order chi connectivity index (χ0) is 44.0. The molecule has 0 amide bonds. The molecular weight excluding hydrogens is 809 g/mol. The number of cyclic esters (lactones) is 1. The van der Waals surface area contributed by atoms with Crippen molar-refractivity contribution in [2.75, 3.05) is 35.4 Å². The number of rotatable bonds is 10. The second-order valence-electron chi connectivity index (χ2n) is 19.1. The molecule has 342 valence electrons. The molecule has 6 aliphatic rings. The monoisotopic (exact) mass is 878 g/mol. The summed E-state index contributed by atoms with van der Waals surface area (Å²) in [4.78, 5) is 38.2. The number of carbonyl (C=O) groups is 2. The number of likely N-dealkylation sites (N-methyl/N-ethyl adjacent to an activating group) is 1. The maximum atomic E-state index is 15.2. The summed E-state index contributed by atoms with van der Waals surface area (Å²) in [5.74, 6) is -0.895. The second-order valence-corrected chi connectivity index (χ2v) is 20.2. The molecule has 0 unspecified atom stereocenters. The SMILES string of the molecule is CC[C@H]1CCC[C@H](O[C@H]2CC[C@H](N(C)C)[C@@H](C)O2)[C@@H](C)C(=O)C2=C[C@H]3[C@@H]4C[C@H](O[C@@H]5O[C@@H](C)[C@H](OC)[C@@H](OC)[C@H]5OC)C[C@H]4c4sc(-c5cccc(C)c5)nc4[C@H]3[C@@H]2CC(=O)O1. The average Bonchev–Trinajstić information content (AvgIpc) is 3.97. The van der Waals surface area contributed by atoms with Gasteiger partial charge in [0.05, 0.1) is 36.5 Å². The lowest BCUT2D eigenvalue weighted by atomic mass is 9.67. The standard InChI is InChI=1S/C49H70N2O10S/c1-11-30-16-13-17-38(61-40-19-18-37(51(6)7)27(4)57-40)26(3)43(53)35-23-33-32-21-31(60-49-46(56-10)45(55-9)44(54-8)28(5)58-49)22-36(32)47-42(41(33)34(35)24-39(52)59-30)50-48(62-47)29-15-12-14-25(2)20-29/h12,14-15,20,23,26-28,30-34,36-38,40-41,44-46,49H,11,13,16-19,21-22,24H2,1-10H3/t26-,27-,28+,30+,31+,32+,33+,34-,36-,37+,38+,40+,41-,44+,45-,46-,49+/m1/s1. The summed E-state index contributed by atoms with van der Waals surface area (Å²) in [7, 11) is 9.18. The van der Waals surface area contributed by atoms with E-state index in [-0.39, 0.29) is 96.8 Å². The summed E-state index contributed by atoms with van der Waals surface area (Å²) >= 11 is 1.75. The molecule has 4 fully saturated rings. The van der Waals surface area contributed by atoms with Crippen molar-refractivity contribution in [3.8, 4) is 10.6 Å². The molecule has 0 bridgehead atoms. The van der Waals surface area contributed by atoms with Gasteiger partial charge < -0.3 is 42.8 Å². The van der Waals surface area contributed by atoms with Gasteiger partial charge in [0.15, 0.2) is 18.4 Å². The lowest BCUT2D eigenvalue weighted by Gasteiger charge is -2.44. The summed E-state index contributed by atoms with van der Waals surface area (Å²) < 4.78 is 50.6. The quantitative estimate of drug-likeness (QED) is 0.215. The van der Waals surface area contributed by atoms with E-state index in [1.165, 1.54) is 10.4 Å². The van der Waals surface area contributed by atoms with E-state index in [1.807, 2.05) is 13.8 Å². The fourth-order valence-corrected chi connectivity index (χ4v) is 13.3. The molecule has 3 saturated heterocycles. The van der Waals surface area contributed by atoms with E-state index in [1.54, 1.807) is 32.7 Å². The van der Waals surface area contributed by atoms with Crippen LogP contribution in [0.1, 0.15) is 113 Å². The number of hydrogen-bond acceptors (Lipinski definition) is 13. The molecule has 12 nitrogen and oxygen atoms in total. The third-order valence-electron chi connectivity index (χ3n) is 15.2. The van der Waals surface area contributed by atoms with Crippen LogP contribution in [0, 0.1) is 30.6 Å². The third kappa shape index (κ3) is 9.01. The van der Waals surface area contributed by atoms with Crippen LogP contribution in [0.3, 0.4) is 0 Å². The van der Waals surface area contributed by atoms with E-state index in [0.717, 1.165) is 66.8 Å². The van der Waals surface area contributed by atoms with E-state index in [0.29, 0.717) is 12.5 Å². The number of esters is 1. The molecule has 0 spiro atoms. The lowest BCUT2D eigenvalue weighted by molar-refractivity contribution is -0.314. The van der Waals surface area contributed by atoms with Gasteiger partial charge in [-0.25, -0.2) is 4.98 Å². The lowest BCUT2D eigenvalue weighted by Crippen LogP contribution is -2.59. The van der Waals surface area contributed by atoms with Gasteiger partial charge in [0.2, 0.25) is 0 Å². The summed E-state index contributed by atoms with van der Waals surface area (Å²) in [6.45, 7) is 10.3. The van der Waals surface area contributed by atoms with E-state index < -0.39 is 18.3 Å². The number of aryl methyl sites for hydroxylation is 1. The number of ether oxygens (including phenoxy) is 8. The number of thiazole rings is 1. The Morgan fingerprint density at radius 1 is 0.887 bits per heavy atom. The van der Waals surface area contributed by atoms with E-state index >= 15 is 4.79 Å². The first-order valence-electron chi connectivity index (χ1n) is 23.2. The normalized spacial score (nSPS) is 40.1. The number of methoxy groups -OCH3 is 3. The van der Waals surface area contributed by atoms with E-state index in [4.69, 9.17) is 42.9 Å². The van der Waals surface area contributed by atoms with Gasteiger partial charge >= 0.3 is 5.97 Å². The fourth-order valence-electron chi connectivity index (χ4n) is 12.0. The molecule has 1 aromatic carbocycles. The van der Waals surface area contributed by atoms with Crippen molar-refractivity contribution >= 4 is 23.1 Å². The van der Waals surface area contributed by atoms with E-state index in [2.05, 4.69) is 70.1 Å². The molecule has 3 aliphatic heterocycles. The maximum Gasteiger partial charge on any atom is 0.306 e. The van der Waals surface area contributed by atoms with Gasteiger partial charge in [0.1, 0.15) is 29.4 Å². The Hall–Kier alpha value is -2.59. The zero-order valence-electron chi connectivity index (χ0n) is 38.5. The Morgan fingerprint density at radius 3 is 2.35 bits per heavy atom. The van der Waals surface area contributed by atoms with Crippen LogP contribution < -0.4 is 0 Å². The fraction of sp³-hybridized carbons (Fsp3) is 0.735. The smallest absolute Gasteiger partial charge is 0.306 e.